The van der Waals surface area contributed by atoms with Crippen molar-refractivity contribution in [2.75, 3.05) is 13.2 Å². The monoisotopic (exact) mass is 243 g/mol. The van der Waals surface area contributed by atoms with Crippen molar-refractivity contribution in [2.45, 2.75) is 45.6 Å². The van der Waals surface area contributed by atoms with Crippen molar-refractivity contribution in [1.82, 2.24) is 4.98 Å². The second-order valence-corrected chi connectivity index (χ2v) is 5.78. The predicted octanol–water partition coefficient (Wildman–Crippen LogP) is 2.90. The van der Waals surface area contributed by atoms with Gasteiger partial charge in [0, 0.05) is 17.4 Å². The van der Waals surface area contributed by atoms with Gasteiger partial charge >= 0.3 is 0 Å². The molecule has 0 bridgehead atoms. The molecule has 0 amide bonds. The first kappa shape index (κ1) is 13.6. The van der Waals surface area contributed by atoms with E-state index in [1.807, 2.05) is 12.3 Å². The van der Waals surface area contributed by atoms with E-state index in [1.54, 1.807) is 11.3 Å². The Morgan fingerprint density at radius 3 is 2.69 bits per heavy atom. The number of aromatic nitrogens is 1. The zero-order valence-electron chi connectivity index (χ0n) is 10.5. The Morgan fingerprint density at radius 1 is 1.50 bits per heavy atom. The normalized spacial score (nSPS) is 14.1. The second-order valence-electron chi connectivity index (χ2n) is 4.92. The van der Waals surface area contributed by atoms with Crippen molar-refractivity contribution in [3.8, 4) is 0 Å². The fraction of sp³-hybridized carbons (Fsp3) is 0.750. The summed E-state index contributed by atoms with van der Waals surface area (Å²) in [5.41, 5.74) is 0.776. The summed E-state index contributed by atoms with van der Waals surface area (Å²) in [7, 11) is 0. The van der Waals surface area contributed by atoms with Crippen LogP contribution in [-0.2, 0) is 10.2 Å². The van der Waals surface area contributed by atoms with Gasteiger partial charge in [-0.1, -0.05) is 27.7 Å². The molecule has 0 fully saturated rings. The van der Waals surface area contributed by atoms with E-state index in [1.165, 1.54) is 0 Å². The van der Waals surface area contributed by atoms with Crippen molar-refractivity contribution >= 4 is 11.3 Å². The standard InChI is InChI=1S/C12H21NO2S/c1-5-6-15-7-10(14)9-8-16-11(13-9)12(2,3)4/h8,10,14H,5-7H2,1-4H3. The zero-order chi connectivity index (χ0) is 12.2. The number of hydrogen-bond acceptors (Lipinski definition) is 4. The van der Waals surface area contributed by atoms with Crippen LogP contribution in [0.4, 0.5) is 0 Å². The summed E-state index contributed by atoms with van der Waals surface area (Å²) >= 11 is 1.60. The molecule has 1 heterocycles. The van der Waals surface area contributed by atoms with E-state index in [-0.39, 0.29) is 5.41 Å². The lowest BCUT2D eigenvalue weighted by Gasteiger charge is -2.14. The topological polar surface area (TPSA) is 42.4 Å². The number of aliphatic hydroxyl groups excluding tert-OH is 1. The molecular formula is C12H21NO2S. The van der Waals surface area contributed by atoms with Gasteiger partial charge in [-0.3, -0.25) is 0 Å². The first-order valence-corrected chi connectivity index (χ1v) is 6.54. The third kappa shape index (κ3) is 3.85. The largest absolute Gasteiger partial charge is 0.384 e. The quantitative estimate of drug-likeness (QED) is 0.809. The van der Waals surface area contributed by atoms with Crippen LogP contribution in [0.25, 0.3) is 0 Å². The molecule has 0 aliphatic rings. The molecule has 1 rings (SSSR count). The average Bonchev–Trinajstić information content (AvgIpc) is 2.66. The fourth-order valence-electron chi connectivity index (χ4n) is 1.21. The third-order valence-corrected chi connectivity index (χ3v) is 3.42. The highest BCUT2D eigenvalue weighted by Gasteiger charge is 2.20. The molecule has 0 saturated heterocycles. The van der Waals surface area contributed by atoms with Gasteiger partial charge in [-0.25, -0.2) is 4.98 Å². The van der Waals surface area contributed by atoms with Gasteiger partial charge in [0.25, 0.3) is 0 Å². The van der Waals surface area contributed by atoms with Gasteiger partial charge in [-0.15, -0.1) is 11.3 Å². The summed E-state index contributed by atoms with van der Waals surface area (Å²) in [6.07, 6.45) is 0.371. The maximum absolute atomic E-state index is 9.85. The van der Waals surface area contributed by atoms with Gasteiger partial charge in [0.05, 0.1) is 17.3 Å². The molecule has 1 aromatic rings. The summed E-state index contributed by atoms with van der Waals surface area (Å²) in [6, 6.07) is 0. The Morgan fingerprint density at radius 2 is 2.19 bits per heavy atom. The fourth-order valence-corrected chi connectivity index (χ4v) is 2.16. The zero-order valence-corrected chi connectivity index (χ0v) is 11.3. The van der Waals surface area contributed by atoms with E-state index in [2.05, 4.69) is 25.8 Å². The molecular weight excluding hydrogens is 222 g/mol. The van der Waals surface area contributed by atoms with Gasteiger partial charge < -0.3 is 9.84 Å². The molecule has 1 atom stereocenters. The highest BCUT2D eigenvalue weighted by Crippen LogP contribution is 2.27. The Labute approximate surface area is 101 Å². The molecule has 16 heavy (non-hydrogen) atoms. The van der Waals surface area contributed by atoms with Crippen molar-refractivity contribution in [1.29, 1.82) is 0 Å². The van der Waals surface area contributed by atoms with E-state index in [9.17, 15) is 5.11 Å². The van der Waals surface area contributed by atoms with Crippen LogP contribution in [-0.4, -0.2) is 23.3 Å². The number of rotatable bonds is 5. The Kier molecular flexibility index (Phi) is 4.89. The summed E-state index contributed by atoms with van der Waals surface area (Å²) in [5, 5.41) is 12.8. The molecule has 1 N–H and O–H groups in total. The molecule has 1 unspecified atom stereocenters. The molecule has 0 radical (unpaired) electrons. The van der Waals surface area contributed by atoms with Crippen molar-refractivity contribution < 1.29 is 9.84 Å². The second kappa shape index (κ2) is 5.75. The van der Waals surface area contributed by atoms with Crippen LogP contribution in [0.3, 0.4) is 0 Å². The number of thiazole rings is 1. The number of hydrogen-bond donors (Lipinski definition) is 1. The number of ether oxygens (including phenoxy) is 1. The van der Waals surface area contributed by atoms with Crippen LogP contribution in [0.2, 0.25) is 0 Å². The molecule has 0 aliphatic carbocycles. The van der Waals surface area contributed by atoms with Crippen LogP contribution in [0.15, 0.2) is 5.38 Å². The van der Waals surface area contributed by atoms with Crippen LogP contribution < -0.4 is 0 Å². The lowest BCUT2D eigenvalue weighted by atomic mass is 9.98. The highest BCUT2D eigenvalue weighted by molar-refractivity contribution is 7.09. The molecule has 0 aromatic carbocycles. The van der Waals surface area contributed by atoms with Crippen molar-refractivity contribution in [2.24, 2.45) is 0 Å². The Hall–Kier alpha value is -0.450. The molecule has 1 aromatic heterocycles. The van der Waals surface area contributed by atoms with E-state index >= 15 is 0 Å². The van der Waals surface area contributed by atoms with Crippen LogP contribution in [0.1, 0.15) is 50.9 Å². The van der Waals surface area contributed by atoms with Gasteiger partial charge in [-0.05, 0) is 6.42 Å². The lowest BCUT2D eigenvalue weighted by molar-refractivity contribution is 0.0344. The van der Waals surface area contributed by atoms with Crippen LogP contribution in [0.5, 0.6) is 0 Å². The van der Waals surface area contributed by atoms with Gasteiger partial charge in [-0.2, -0.15) is 0 Å². The van der Waals surface area contributed by atoms with E-state index in [0.29, 0.717) is 13.2 Å². The maximum Gasteiger partial charge on any atom is 0.120 e. The highest BCUT2D eigenvalue weighted by atomic mass is 32.1. The van der Waals surface area contributed by atoms with Gasteiger partial charge in [0.2, 0.25) is 0 Å². The Balaban J connectivity index is 2.56. The summed E-state index contributed by atoms with van der Waals surface area (Å²) in [4.78, 5) is 4.45. The minimum atomic E-state index is -0.598. The molecule has 92 valence electrons. The Bertz CT molecular complexity index is 317. The minimum Gasteiger partial charge on any atom is -0.384 e. The average molecular weight is 243 g/mol. The summed E-state index contributed by atoms with van der Waals surface area (Å²) in [6.45, 7) is 9.43. The predicted molar refractivity (Wildman–Crippen MR) is 66.9 cm³/mol. The third-order valence-electron chi connectivity index (χ3n) is 2.13. The van der Waals surface area contributed by atoms with Crippen LogP contribution >= 0.6 is 11.3 Å². The van der Waals surface area contributed by atoms with Crippen molar-refractivity contribution in [3.63, 3.8) is 0 Å². The summed E-state index contributed by atoms with van der Waals surface area (Å²) in [5.74, 6) is 0. The van der Waals surface area contributed by atoms with Crippen LogP contribution in [0, 0.1) is 0 Å². The molecule has 0 spiro atoms. The maximum atomic E-state index is 9.85. The molecule has 4 heteroatoms. The van der Waals surface area contributed by atoms with E-state index in [0.717, 1.165) is 17.1 Å². The van der Waals surface area contributed by atoms with Crippen molar-refractivity contribution in [3.05, 3.63) is 16.1 Å². The SMILES string of the molecule is CCCOCC(O)c1csc(C(C)(C)C)n1. The van der Waals surface area contributed by atoms with Gasteiger partial charge in [0.1, 0.15) is 6.10 Å². The molecule has 0 aliphatic heterocycles. The molecule has 0 saturated carbocycles. The number of nitrogens with zero attached hydrogens (tertiary/aromatic N) is 1. The number of aliphatic hydroxyl groups is 1. The smallest absolute Gasteiger partial charge is 0.120 e. The first-order chi connectivity index (χ1) is 7.45. The van der Waals surface area contributed by atoms with Gasteiger partial charge in [0.15, 0.2) is 0 Å². The molecule has 3 nitrogen and oxygen atoms in total. The van der Waals surface area contributed by atoms with E-state index in [4.69, 9.17) is 4.74 Å². The lowest BCUT2D eigenvalue weighted by Crippen LogP contribution is -2.12. The summed E-state index contributed by atoms with van der Waals surface area (Å²) < 4.78 is 5.31. The van der Waals surface area contributed by atoms with E-state index < -0.39 is 6.10 Å². The minimum absolute atomic E-state index is 0.0485. The first-order valence-electron chi connectivity index (χ1n) is 5.67.